The molecule has 0 aliphatic carbocycles. The number of unbranched alkanes of at least 4 members (excludes halogenated alkanes) is 5. The van der Waals surface area contributed by atoms with E-state index in [0.29, 0.717) is 0 Å². The van der Waals surface area contributed by atoms with Crippen LogP contribution in [0.1, 0.15) is 63.4 Å². The van der Waals surface area contributed by atoms with Crippen LogP contribution in [0.5, 0.6) is 0 Å². The molecule has 0 unspecified atom stereocenters. The van der Waals surface area contributed by atoms with Crippen LogP contribution in [0.25, 0.3) is 0 Å². The summed E-state index contributed by atoms with van der Waals surface area (Å²) in [5.41, 5.74) is 0.982. The maximum absolute atomic E-state index is 9.24. The van der Waals surface area contributed by atoms with Gasteiger partial charge in [0, 0.05) is 5.02 Å². The standard InChI is InChI=1S/C16H22ClN/c1-2-3-4-5-6-7-10-14(13-18)15-11-8-9-12-16(15)17/h8-9,11-12,14H,2-7,10H2,1H3/t14-/m1/s1. The van der Waals surface area contributed by atoms with Crippen molar-refractivity contribution in [3.05, 3.63) is 34.9 Å². The Kier molecular flexibility index (Phi) is 7.53. The molecule has 0 aliphatic rings. The molecule has 0 saturated heterocycles. The molecular formula is C16H22ClN. The molecule has 0 fully saturated rings. The molecule has 0 N–H and O–H groups in total. The Balaban J connectivity index is 2.35. The van der Waals surface area contributed by atoms with Gasteiger partial charge in [0.15, 0.2) is 0 Å². The van der Waals surface area contributed by atoms with Crippen molar-refractivity contribution in [2.24, 2.45) is 0 Å². The van der Waals surface area contributed by atoms with Crippen LogP contribution < -0.4 is 0 Å². The summed E-state index contributed by atoms with van der Waals surface area (Å²) in [6, 6.07) is 10.1. The minimum Gasteiger partial charge on any atom is -0.198 e. The lowest BCUT2D eigenvalue weighted by Crippen LogP contribution is -1.97. The van der Waals surface area contributed by atoms with Crippen LogP contribution in [-0.4, -0.2) is 0 Å². The second-order valence-electron chi connectivity index (χ2n) is 4.76. The Hall–Kier alpha value is -1.00. The topological polar surface area (TPSA) is 23.8 Å². The number of nitrogens with zero attached hydrogens (tertiary/aromatic N) is 1. The van der Waals surface area contributed by atoms with Gasteiger partial charge in [-0.2, -0.15) is 5.26 Å². The SMILES string of the molecule is CCCCCCCC[C@H](C#N)c1ccccc1Cl. The Bertz CT molecular complexity index is 381. The number of hydrogen-bond donors (Lipinski definition) is 0. The van der Waals surface area contributed by atoms with Gasteiger partial charge in [0.05, 0.1) is 12.0 Å². The van der Waals surface area contributed by atoms with Crippen LogP contribution in [0.2, 0.25) is 5.02 Å². The highest BCUT2D eigenvalue weighted by molar-refractivity contribution is 6.31. The second-order valence-corrected chi connectivity index (χ2v) is 5.17. The molecule has 18 heavy (non-hydrogen) atoms. The molecule has 1 aromatic rings. The first-order valence-electron chi connectivity index (χ1n) is 6.93. The summed E-state index contributed by atoms with van der Waals surface area (Å²) in [6.45, 7) is 2.23. The van der Waals surface area contributed by atoms with E-state index in [-0.39, 0.29) is 5.92 Å². The summed E-state index contributed by atoms with van der Waals surface area (Å²) >= 11 is 6.13. The molecule has 1 rings (SSSR count). The van der Waals surface area contributed by atoms with Crippen molar-refractivity contribution in [2.45, 2.75) is 57.8 Å². The first kappa shape index (κ1) is 15.1. The Morgan fingerprint density at radius 2 is 1.78 bits per heavy atom. The third kappa shape index (κ3) is 5.10. The molecule has 1 aromatic carbocycles. The highest BCUT2D eigenvalue weighted by Gasteiger charge is 2.12. The largest absolute Gasteiger partial charge is 0.198 e. The first-order chi connectivity index (χ1) is 8.79. The maximum atomic E-state index is 9.24. The summed E-state index contributed by atoms with van der Waals surface area (Å²) in [4.78, 5) is 0. The van der Waals surface area contributed by atoms with Gasteiger partial charge in [-0.05, 0) is 18.1 Å². The van der Waals surface area contributed by atoms with Crippen LogP contribution in [-0.2, 0) is 0 Å². The molecule has 0 aliphatic heterocycles. The van der Waals surface area contributed by atoms with Crippen molar-refractivity contribution >= 4 is 11.6 Å². The predicted molar refractivity (Wildman–Crippen MR) is 77.8 cm³/mol. The Morgan fingerprint density at radius 3 is 2.44 bits per heavy atom. The molecule has 1 nitrogen and oxygen atoms in total. The highest BCUT2D eigenvalue weighted by atomic mass is 35.5. The zero-order chi connectivity index (χ0) is 13.2. The van der Waals surface area contributed by atoms with E-state index >= 15 is 0 Å². The van der Waals surface area contributed by atoms with E-state index in [1.807, 2.05) is 24.3 Å². The Morgan fingerprint density at radius 1 is 1.11 bits per heavy atom. The minimum absolute atomic E-state index is 0.0510. The number of benzene rings is 1. The normalized spacial score (nSPS) is 12.1. The van der Waals surface area contributed by atoms with Crippen LogP contribution in [0.3, 0.4) is 0 Å². The predicted octanol–water partition coefficient (Wildman–Crippen LogP) is 5.70. The van der Waals surface area contributed by atoms with E-state index in [2.05, 4.69) is 13.0 Å². The average Bonchev–Trinajstić information content (AvgIpc) is 2.39. The maximum Gasteiger partial charge on any atom is 0.0727 e. The van der Waals surface area contributed by atoms with E-state index in [1.54, 1.807) is 0 Å². The molecule has 0 saturated carbocycles. The number of rotatable bonds is 8. The van der Waals surface area contributed by atoms with Crippen molar-refractivity contribution < 1.29 is 0 Å². The monoisotopic (exact) mass is 263 g/mol. The lowest BCUT2D eigenvalue weighted by atomic mass is 9.94. The van der Waals surface area contributed by atoms with Crippen LogP contribution in [0.15, 0.2) is 24.3 Å². The molecule has 1 atom stereocenters. The molecule has 0 aromatic heterocycles. The van der Waals surface area contributed by atoms with Crippen molar-refractivity contribution in [3.63, 3.8) is 0 Å². The van der Waals surface area contributed by atoms with Gasteiger partial charge >= 0.3 is 0 Å². The van der Waals surface area contributed by atoms with Gasteiger partial charge in [-0.25, -0.2) is 0 Å². The van der Waals surface area contributed by atoms with Gasteiger partial charge in [-0.15, -0.1) is 0 Å². The van der Waals surface area contributed by atoms with Gasteiger partial charge in [-0.3, -0.25) is 0 Å². The van der Waals surface area contributed by atoms with Crippen LogP contribution >= 0.6 is 11.6 Å². The van der Waals surface area contributed by atoms with Gasteiger partial charge in [0.2, 0.25) is 0 Å². The number of hydrogen-bond acceptors (Lipinski definition) is 1. The molecule has 0 heterocycles. The second kappa shape index (κ2) is 9.00. The summed E-state index contributed by atoms with van der Waals surface area (Å²) in [6.07, 6.45) is 8.48. The van der Waals surface area contributed by atoms with Crippen molar-refractivity contribution in [2.75, 3.05) is 0 Å². The molecular weight excluding hydrogens is 242 g/mol. The lowest BCUT2D eigenvalue weighted by Gasteiger charge is -2.10. The van der Waals surface area contributed by atoms with Gasteiger partial charge in [0.25, 0.3) is 0 Å². The summed E-state index contributed by atoms with van der Waals surface area (Å²) in [5.74, 6) is -0.0510. The minimum atomic E-state index is -0.0510. The van der Waals surface area contributed by atoms with E-state index in [0.717, 1.165) is 23.4 Å². The van der Waals surface area contributed by atoms with Gasteiger partial charge in [0.1, 0.15) is 0 Å². The van der Waals surface area contributed by atoms with Gasteiger partial charge in [-0.1, -0.05) is 75.2 Å². The summed E-state index contributed by atoms with van der Waals surface area (Å²) < 4.78 is 0. The van der Waals surface area contributed by atoms with Crippen LogP contribution in [0.4, 0.5) is 0 Å². The van der Waals surface area contributed by atoms with E-state index in [9.17, 15) is 5.26 Å². The molecule has 2 heteroatoms. The number of halogens is 1. The van der Waals surface area contributed by atoms with E-state index in [1.165, 1.54) is 32.1 Å². The summed E-state index contributed by atoms with van der Waals surface area (Å²) in [7, 11) is 0. The fourth-order valence-electron chi connectivity index (χ4n) is 2.18. The third-order valence-electron chi connectivity index (χ3n) is 3.28. The first-order valence-corrected chi connectivity index (χ1v) is 7.31. The van der Waals surface area contributed by atoms with E-state index < -0.39 is 0 Å². The smallest absolute Gasteiger partial charge is 0.0727 e. The zero-order valence-corrected chi connectivity index (χ0v) is 11.9. The highest BCUT2D eigenvalue weighted by Crippen LogP contribution is 2.28. The van der Waals surface area contributed by atoms with Crippen molar-refractivity contribution in [3.8, 4) is 6.07 Å². The Labute approximate surface area is 116 Å². The number of nitriles is 1. The average molecular weight is 264 g/mol. The zero-order valence-electron chi connectivity index (χ0n) is 11.2. The van der Waals surface area contributed by atoms with Crippen molar-refractivity contribution in [1.82, 2.24) is 0 Å². The fourth-order valence-corrected chi connectivity index (χ4v) is 2.44. The van der Waals surface area contributed by atoms with Gasteiger partial charge < -0.3 is 0 Å². The van der Waals surface area contributed by atoms with Crippen LogP contribution in [0, 0.1) is 11.3 Å². The van der Waals surface area contributed by atoms with Crippen molar-refractivity contribution in [1.29, 1.82) is 5.26 Å². The molecule has 0 amide bonds. The van der Waals surface area contributed by atoms with E-state index in [4.69, 9.17) is 11.6 Å². The quantitative estimate of drug-likeness (QED) is 0.552. The third-order valence-corrected chi connectivity index (χ3v) is 3.63. The molecule has 0 radical (unpaired) electrons. The summed E-state index contributed by atoms with van der Waals surface area (Å²) in [5, 5.41) is 9.95. The lowest BCUT2D eigenvalue weighted by molar-refractivity contribution is 0.575. The fraction of sp³-hybridized carbons (Fsp3) is 0.562. The molecule has 0 bridgehead atoms. The molecule has 98 valence electrons. The molecule has 0 spiro atoms.